The standard InChI is InChI=1S/C40H42O5/c1-37(2,3)27-21-17-25(18-22-27)35(41)44-33-34(45-36(42)26-19-23-28(24-20-26)38(4,5)6)40(43-8)31-15-11-9-13-29(31)39(33,7)30-14-10-12-16-32(30)40/h9-24,33-34H,1-8H3. The van der Waals surface area contributed by atoms with Gasteiger partial charge >= 0.3 is 11.9 Å². The first-order chi connectivity index (χ1) is 21.2. The molecule has 2 unspecified atom stereocenters. The molecule has 3 aliphatic rings. The van der Waals surface area contributed by atoms with E-state index in [0.717, 1.165) is 33.4 Å². The van der Waals surface area contributed by atoms with Crippen LogP contribution in [-0.4, -0.2) is 31.3 Å². The Morgan fingerprint density at radius 1 is 0.556 bits per heavy atom. The van der Waals surface area contributed by atoms with Crippen LogP contribution < -0.4 is 0 Å². The minimum absolute atomic E-state index is 0.0545. The van der Waals surface area contributed by atoms with Gasteiger partial charge in [0.15, 0.2) is 17.8 Å². The molecule has 0 saturated heterocycles. The van der Waals surface area contributed by atoms with E-state index in [0.29, 0.717) is 11.1 Å². The van der Waals surface area contributed by atoms with Crippen LogP contribution in [0, 0.1) is 0 Å². The lowest BCUT2D eigenvalue weighted by atomic mass is 9.51. The van der Waals surface area contributed by atoms with E-state index < -0.39 is 35.2 Å². The van der Waals surface area contributed by atoms with E-state index in [-0.39, 0.29) is 10.8 Å². The topological polar surface area (TPSA) is 61.8 Å². The van der Waals surface area contributed by atoms with Gasteiger partial charge in [-0.05, 0) is 75.4 Å². The highest BCUT2D eigenvalue weighted by Crippen LogP contribution is 2.61. The van der Waals surface area contributed by atoms with Gasteiger partial charge < -0.3 is 14.2 Å². The molecule has 0 radical (unpaired) electrons. The first-order valence-electron chi connectivity index (χ1n) is 15.6. The fourth-order valence-electron chi connectivity index (χ4n) is 7.18. The number of carbonyl (C=O) groups is 2. The van der Waals surface area contributed by atoms with Crippen LogP contribution in [0.15, 0.2) is 97.1 Å². The van der Waals surface area contributed by atoms with Crippen LogP contribution in [0.25, 0.3) is 0 Å². The van der Waals surface area contributed by atoms with Crippen LogP contribution in [-0.2, 0) is 36.1 Å². The molecule has 5 heteroatoms. The molecule has 0 saturated carbocycles. The molecule has 45 heavy (non-hydrogen) atoms. The average molecular weight is 603 g/mol. The van der Waals surface area contributed by atoms with E-state index in [2.05, 4.69) is 60.6 Å². The Hall–Kier alpha value is -4.22. The lowest BCUT2D eigenvalue weighted by Gasteiger charge is -2.59. The Bertz CT molecular complexity index is 1700. The van der Waals surface area contributed by atoms with E-state index in [4.69, 9.17) is 14.2 Å². The summed E-state index contributed by atoms with van der Waals surface area (Å²) in [5, 5.41) is 0. The number of methoxy groups -OCH3 is 1. The van der Waals surface area contributed by atoms with E-state index in [9.17, 15) is 9.59 Å². The van der Waals surface area contributed by atoms with Crippen molar-refractivity contribution in [2.75, 3.05) is 7.11 Å². The molecule has 0 heterocycles. The quantitative estimate of drug-likeness (QED) is 0.215. The fourth-order valence-corrected chi connectivity index (χ4v) is 7.18. The smallest absolute Gasteiger partial charge is 0.338 e. The second-order valence-corrected chi connectivity index (χ2v) is 14.5. The molecule has 3 aliphatic carbocycles. The maximum atomic E-state index is 14.0. The molecule has 2 bridgehead atoms. The first kappa shape index (κ1) is 30.8. The van der Waals surface area contributed by atoms with Crippen molar-refractivity contribution in [3.63, 3.8) is 0 Å². The van der Waals surface area contributed by atoms with Crippen molar-refractivity contribution in [3.8, 4) is 0 Å². The third-order valence-corrected chi connectivity index (χ3v) is 9.78. The summed E-state index contributed by atoms with van der Waals surface area (Å²) in [4.78, 5) is 27.9. The summed E-state index contributed by atoms with van der Waals surface area (Å²) in [5.74, 6) is -0.982. The Labute approximate surface area is 266 Å². The first-order valence-corrected chi connectivity index (χ1v) is 15.6. The van der Waals surface area contributed by atoms with Crippen molar-refractivity contribution in [1.82, 2.24) is 0 Å². The van der Waals surface area contributed by atoms with Gasteiger partial charge in [0.25, 0.3) is 0 Å². The molecule has 5 nitrogen and oxygen atoms in total. The van der Waals surface area contributed by atoms with Gasteiger partial charge in [0, 0.05) is 7.11 Å². The van der Waals surface area contributed by atoms with Gasteiger partial charge in [0.05, 0.1) is 16.5 Å². The summed E-state index contributed by atoms with van der Waals surface area (Å²) >= 11 is 0. The Balaban J connectivity index is 1.48. The zero-order valence-electron chi connectivity index (χ0n) is 27.4. The summed E-state index contributed by atoms with van der Waals surface area (Å²) in [6.07, 6.45) is -1.85. The van der Waals surface area contributed by atoms with Crippen LogP contribution in [0.1, 0.15) is 103 Å². The van der Waals surface area contributed by atoms with E-state index in [1.54, 1.807) is 31.4 Å². The number of benzene rings is 4. The van der Waals surface area contributed by atoms with Gasteiger partial charge in [0.1, 0.15) is 0 Å². The third kappa shape index (κ3) is 4.80. The van der Waals surface area contributed by atoms with Gasteiger partial charge in [-0.3, -0.25) is 0 Å². The number of ether oxygens (including phenoxy) is 3. The third-order valence-electron chi connectivity index (χ3n) is 9.78. The minimum atomic E-state index is -1.20. The van der Waals surface area contributed by atoms with Gasteiger partial charge in [-0.2, -0.15) is 0 Å². The van der Waals surface area contributed by atoms with Crippen LogP contribution in [0.4, 0.5) is 0 Å². The predicted octanol–water partition coefficient (Wildman–Crippen LogP) is 8.26. The van der Waals surface area contributed by atoms with Crippen molar-refractivity contribution in [2.24, 2.45) is 0 Å². The number of hydrogen-bond donors (Lipinski definition) is 0. The van der Waals surface area contributed by atoms with Crippen molar-refractivity contribution >= 4 is 11.9 Å². The summed E-state index contributed by atoms with van der Waals surface area (Å²) in [7, 11) is 1.63. The number of hydrogen-bond acceptors (Lipinski definition) is 5. The summed E-state index contributed by atoms with van der Waals surface area (Å²) in [6.45, 7) is 14.9. The highest BCUT2D eigenvalue weighted by molar-refractivity contribution is 5.91. The molecule has 0 aromatic heterocycles. The Morgan fingerprint density at radius 3 is 1.27 bits per heavy atom. The monoisotopic (exact) mass is 602 g/mol. The molecule has 4 aromatic rings. The van der Waals surface area contributed by atoms with Crippen LogP contribution in [0.2, 0.25) is 0 Å². The van der Waals surface area contributed by atoms with Gasteiger partial charge in [-0.1, -0.05) is 114 Å². The number of carbonyl (C=O) groups excluding carboxylic acids is 2. The molecule has 4 aromatic carbocycles. The number of esters is 2. The fraction of sp³-hybridized carbons (Fsp3) is 0.350. The van der Waals surface area contributed by atoms with Gasteiger partial charge in [-0.25, -0.2) is 9.59 Å². The van der Waals surface area contributed by atoms with Crippen LogP contribution in [0.5, 0.6) is 0 Å². The van der Waals surface area contributed by atoms with Crippen molar-refractivity contribution in [1.29, 1.82) is 0 Å². The Kier molecular flexibility index (Phi) is 7.32. The van der Waals surface area contributed by atoms with E-state index in [1.807, 2.05) is 60.7 Å². The molecule has 0 aliphatic heterocycles. The Morgan fingerprint density at radius 2 is 0.911 bits per heavy atom. The highest BCUT2D eigenvalue weighted by Gasteiger charge is 2.68. The molecule has 0 N–H and O–H groups in total. The predicted molar refractivity (Wildman–Crippen MR) is 176 cm³/mol. The maximum absolute atomic E-state index is 14.0. The minimum Gasteiger partial charge on any atom is -0.453 e. The molecule has 0 spiro atoms. The summed E-state index contributed by atoms with van der Waals surface area (Å²) < 4.78 is 19.5. The SMILES string of the molecule is COC12c3ccccc3C(C)(c3ccccc31)C(OC(=O)c1ccc(C(C)(C)C)cc1)C2OC(=O)c1ccc(C(C)(C)C)cc1. The lowest BCUT2D eigenvalue weighted by Crippen LogP contribution is -2.67. The maximum Gasteiger partial charge on any atom is 0.338 e. The summed E-state index contributed by atoms with van der Waals surface area (Å²) in [5.41, 5.74) is 4.71. The van der Waals surface area contributed by atoms with Crippen LogP contribution >= 0.6 is 0 Å². The second kappa shape index (κ2) is 10.7. The van der Waals surface area contributed by atoms with E-state index in [1.165, 1.54) is 0 Å². The molecule has 7 rings (SSSR count). The zero-order valence-corrected chi connectivity index (χ0v) is 27.4. The molecular formula is C40H42O5. The normalized spacial score (nSPS) is 23.6. The summed E-state index contributed by atoms with van der Waals surface area (Å²) in [6, 6.07) is 31.1. The largest absolute Gasteiger partial charge is 0.453 e. The number of fused-ring (bicyclic) bond motifs is 1. The van der Waals surface area contributed by atoms with Crippen LogP contribution in [0.3, 0.4) is 0 Å². The van der Waals surface area contributed by atoms with Gasteiger partial charge in [-0.15, -0.1) is 0 Å². The number of rotatable bonds is 5. The molecule has 0 amide bonds. The molecule has 0 fully saturated rings. The highest BCUT2D eigenvalue weighted by atomic mass is 16.6. The molecular weight excluding hydrogens is 560 g/mol. The van der Waals surface area contributed by atoms with E-state index >= 15 is 0 Å². The van der Waals surface area contributed by atoms with Crippen molar-refractivity contribution in [2.45, 2.75) is 82.5 Å². The average Bonchev–Trinajstić information content (AvgIpc) is 3.02. The zero-order chi connectivity index (χ0) is 32.4. The lowest BCUT2D eigenvalue weighted by molar-refractivity contribution is -0.167. The molecule has 232 valence electrons. The molecule has 2 atom stereocenters. The second-order valence-electron chi connectivity index (χ2n) is 14.5. The van der Waals surface area contributed by atoms with Crippen molar-refractivity contribution < 1.29 is 23.8 Å². The van der Waals surface area contributed by atoms with Crippen molar-refractivity contribution in [3.05, 3.63) is 142 Å². The van der Waals surface area contributed by atoms with Gasteiger partial charge in [0.2, 0.25) is 0 Å².